The summed E-state index contributed by atoms with van der Waals surface area (Å²) in [4.78, 5) is 23.1. The Kier molecular flexibility index (Phi) is 17.9. The fourth-order valence-electron chi connectivity index (χ4n) is 3.30. The number of carboxylic acid groups (broad SMARTS) is 1. The fraction of sp³-hybridized carbons (Fsp3) is 0.355. The molecule has 6 nitrogen and oxygen atoms in total. The summed E-state index contributed by atoms with van der Waals surface area (Å²) in [5.41, 5.74) is 3.56. The zero-order valence-corrected chi connectivity index (χ0v) is 23.9. The summed E-state index contributed by atoms with van der Waals surface area (Å²) in [5, 5.41) is 11.4. The van der Waals surface area contributed by atoms with Gasteiger partial charge in [0.15, 0.2) is 6.61 Å². The molecule has 0 aliphatic rings. The molecular weight excluding hydrogens is 496 g/mol. The van der Waals surface area contributed by atoms with E-state index in [9.17, 15) is 9.59 Å². The highest BCUT2D eigenvalue weighted by molar-refractivity contribution is 7.97. The Hall–Kier alpha value is -3.29. The van der Waals surface area contributed by atoms with Gasteiger partial charge in [0.05, 0.1) is 6.54 Å². The van der Waals surface area contributed by atoms with Crippen molar-refractivity contribution in [2.24, 2.45) is 0 Å². The third kappa shape index (κ3) is 15.1. The van der Waals surface area contributed by atoms with Crippen molar-refractivity contribution in [3.05, 3.63) is 95.6 Å². The van der Waals surface area contributed by atoms with Crippen LogP contribution in [-0.2, 0) is 22.4 Å². The molecule has 206 valence electrons. The molecule has 7 heteroatoms. The molecule has 3 aromatic rings. The fourth-order valence-corrected chi connectivity index (χ4v) is 3.96. The molecule has 0 saturated heterocycles. The average Bonchev–Trinajstić information content (AvgIpc) is 2.94. The molecule has 3 rings (SSSR count). The van der Waals surface area contributed by atoms with Crippen LogP contribution in [0.1, 0.15) is 50.3 Å². The zero-order valence-electron chi connectivity index (χ0n) is 23.0. The summed E-state index contributed by atoms with van der Waals surface area (Å²) in [7, 11) is 0. The van der Waals surface area contributed by atoms with Crippen molar-refractivity contribution in [2.75, 3.05) is 19.7 Å². The Bertz CT molecular complexity index is 1050. The molecule has 0 radical (unpaired) electrons. The van der Waals surface area contributed by atoms with Crippen molar-refractivity contribution in [3.8, 4) is 5.75 Å². The van der Waals surface area contributed by atoms with Crippen LogP contribution in [0.2, 0.25) is 0 Å². The van der Waals surface area contributed by atoms with Crippen molar-refractivity contribution >= 4 is 23.8 Å². The third-order valence-electron chi connectivity index (χ3n) is 5.22. The molecule has 0 aliphatic carbocycles. The summed E-state index contributed by atoms with van der Waals surface area (Å²) >= 11 is 1.48. The van der Waals surface area contributed by atoms with Crippen LogP contribution < -0.4 is 14.8 Å². The van der Waals surface area contributed by atoms with Crippen LogP contribution in [0.5, 0.6) is 5.75 Å². The van der Waals surface area contributed by atoms with Gasteiger partial charge in [-0.25, -0.2) is 4.79 Å². The quantitative estimate of drug-likeness (QED) is 0.171. The molecule has 0 fully saturated rings. The number of aliphatic carboxylic acids is 1. The number of amides is 1. The number of unbranched alkanes of at least 4 members (excludes halogenated alkanes) is 1. The van der Waals surface area contributed by atoms with Crippen LogP contribution in [0.4, 0.5) is 0 Å². The minimum atomic E-state index is -0.955. The van der Waals surface area contributed by atoms with E-state index in [1.54, 1.807) is 0 Å². The van der Waals surface area contributed by atoms with E-state index in [1.807, 2.05) is 75.4 Å². The highest BCUT2D eigenvalue weighted by atomic mass is 32.2. The first-order valence-corrected chi connectivity index (χ1v) is 14.0. The second-order valence-electron chi connectivity index (χ2n) is 8.16. The molecule has 0 atom stereocenters. The van der Waals surface area contributed by atoms with Crippen LogP contribution in [-0.4, -0.2) is 36.7 Å². The van der Waals surface area contributed by atoms with Gasteiger partial charge in [-0.15, -0.1) is 0 Å². The van der Waals surface area contributed by atoms with Gasteiger partial charge in [0.2, 0.25) is 5.91 Å². The van der Waals surface area contributed by atoms with Crippen molar-refractivity contribution in [1.29, 1.82) is 0 Å². The first-order valence-electron chi connectivity index (χ1n) is 13.2. The maximum Gasteiger partial charge on any atom is 0.341 e. The molecule has 0 aromatic heterocycles. The summed E-state index contributed by atoms with van der Waals surface area (Å²) in [6.07, 6.45) is 4.14. The number of rotatable bonds is 13. The molecule has 0 aliphatic heterocycles. The number of carbonyl (C=O) groups is 2. The van der Waals surface area contributed by atoms with Crippen LogP contribution in [0, 0.1) is 6.92 Å². The Morgan fingerprint density at radius 2 is 1.55 bits per heavy atom. The van der Waals surface area contributed by atoms with Crippen molar-refractivity contribution < 1.29 is 19.4 Å². The number of benzene rings is 3. The molecule has 3 aromatic carbocycles. The van der Waals surface area contributed by atoms with E-state index >= 15 is 0 Å². The number of ether oxygens (including phenoxy) is 1. The first-order chi connectivity index (χ1) is 18.5. The Morgan fingerprint density at radius 1 is 0.895 bits per heavy atom. The molecule has 0 bridgehead atoms. The summed E-state index contributed by atoms with van der Waals surface area (Å²) in [5.74, 6) is -0.267. The van der Waals surface area contributed by atoms with E-state index in [1.165, 1.54) is 23.1 Å². The molecule has 3 N–H and O–H groups in total. The Labute approximate surface area is 232 Å². The van der Waals surface area contributed by atoms with Crippen molar-refractivity contribution in [2.45, 2.75) is 58.3 Å². The number of carboxylic acids is 1. The van der Waals surface area contributed by atoms with Crippen molar-refractivity contribution in [1.82, 2.24) is 10.0 Å². The molecule has 0 heterocycles. The number of nitrogens with one attached hydrogen (secondary N) is 2. The summed E-state index contributed by atoms with van der Waals surface area (Å²) < 4.78 is 8.17. The van der Waals surface area contributed by atoms with Gasteiger partial charge in [-0.05, 0) is 79.4 Å². The van der Waals surface area contributed by atoms with E-state index < -0.39 is 5.97 Å². The summed E-state index contributed by atoms with van der Waals surface area (Å²) in [6, 6.07) is 26.2. The largest absolute Gasteiger partial charge is 0.482 e. The molecular formula is C31H42N2O4S. The number of carbonyl (C=O) groups excluding carboxylic acids is 1. The molecule has 0 saturated carbocycles. The van der Waals surface area contributed by atoms with E-state index in [-0.39, 0.29) is 12.5 Å². The van der Waals surface area contributed by atoms with E-state index in [4.69, 9.17) is 9.84 Å². The predicted molar refractivity (Wildman–Crippen MR) is 158 cm³/mol. The Balaban J connectivity index is 0.000000389. The first kappa shape index (κ1) is 32.7. The number of hydrogen-bond acceptors (Lipinski definition) is 5. The van der Waals surface area contributed by atoms with Gasteiger partial charge in [0.1, 0.15) is 5.75 Å². The maximum atomic E-state index is 11.7. The van der Waals surface area contributed by atoms with Crippen molar-refractivity contribution in [3.63, 3.8) is 0 Å². The van der Waals surface area contributed by atoms with Gasteiger partial charge < -0.3 is 15.2 Å². The third-order valence-corrected chi connectivity index (χ3v) is 6.02. The van der Waals surface area contributed by atoms with E-state index in [0.717, 1.165) is 42.7 Å². The molecule has 1 amide bonds. The van der Waals surface area contributed by atoms with E-state index in [2.05, 4.69) is 41.2 Å². The van der Waals surface area contributed by atoms with E-state index in [0.29, 0.717) is 12.3 Å². The smallest absolute Gasteiger partial charge is 0.341 e. The standard InChI is InChI=1S/C18H22N2OS.C11H14O3.C2H6/c21-18(15-20-22-17-12-5-2-6-13-17)19-14-8-7-11-16-9-3-1-4-10-16;1-3-9-4-5-10(8(2)6-9)14-7-11(12)13;1-2/h1-6,9-10,12-13,20H,7-8,11,14-15H2,(H,19,21);4-6H,3,7H2,1-2H3,(H,12,13);1-2H3. The molecule has 0 spiro atoms. The lowest BCUT2D eigenvalue weighted by Crippen LogP contribution is -2.31. The van der Waals surface area contributed by atoms with Gasteiger partial charge in [-0.1, -0.05) is 81.4 Å². The van der Waals surface area contributed by atoms with Gasteiger partial charge in [0, 0.05) is 11.4 Å². The minimum Gasteiger partial charge on any atom is -0.482 e. The highest BCUT2D eigenvalue weighted by Gasteiger charge is 2.03. The zero-order chi connectivity index (χ0) is 28.0. The highest BCUT2D eigenvalue weighted by Crippen LogP contribution is 2.19. The Morgan fingerprint density at radius 3 is 2.16 bits per heavy atom. The van der Waals surface area contributed by atoms with Crippen LogP contribution in [0.15, 0.2) is 83.8 Å². The predicted octanol–water partition coefficient (Wildman–Crippen LogP) is 6.47. The molecule has 0 unspecified atom stereocenters. The van der Waals surface area contributed by atoms with Gasteiger partial charge in [0.25, 0.3) is 0 Å². The van der Waals surface area contributed by atoms with Crippen LogP contribution in [0.3, 0.4) is 0 Å². The lowest BCUT2D eigenvalue weighted by Gasteiger charge is -2.07. The second kappa shape index (κ2) is 20.7. The number of hydrogen-bond donors (Lipinski definition) is 3. The average molecular weight is 539 g/mol. The normalized spacial score (nSPS) is 9.79. The lowest BCUT2D eigenvalue weighted by molar-refractivity contribution is -0.139. The lowest BCUT2D eigenvalue weighted by atomic mass is 10.1. The molecule has 38 heavy (non-hydrogen) atoms. The topological polar surface area (TPSA) is 87.7 Å². The van der Waals surface area contributed by atoms with Crippen LogP contribution >= 0.6 is 11.9 Å². The second-order valence-corrected chi connectivity index (χ2v) is 9.13. The summed E-state index contributed by atoms with van der Waals surface area (Å²) in [6.45, 7) is 8.77. The van der Waals surface area contributed by atoms with Gasteiger partial charge in [-0.2, -0.15) is 0 Å². The van der Waals surface area contributed by atoms with Crippen LogP contribution in [0.25, 0.3) is 0 Å². The number of aryl methyl sites for hydroxylation is 3. The SMILES string of the molecule is CC.CCc1ccc(OCC(=O)O)c(C)c1.O=C(CNSc1ccccc1)NCCCCc1ccccc1. The van der Waals surface area contributed by atoms with Gasteiger partial charge in [-0.3, -0.25) is 9.52 Å². The maximum absolute atomic E-state index is 11.7. The van der Waals surface area contributed by atoms with Gasteiger partial charge >= 0.3 is 5.97 Å². The minimum absolute atomic E-state index is 0.0446. The monoisotopic (exact) mass is 538 g/mol.